The third kappa shape index (κ3) is 2.31. The predicted molar refractivity (Wildman–Crippen MR) is 66.6 cm³/mol. The normalized spacial score (nSPS) is 10.5. The molecule has 0 aliphatic rings. The molecule has 1 aromatic carbocycles. The minimum atomic E-state index is -0.503. The lowest BCUT2D eigenvalue weighted by atomic mass is 10.1. The number of aromatic nitrogens is 2. The molecule has 0 atom stereocenters. The topological polar surface area (TPSA) is 54.9 Å². The number of nitrogens with zero attached hydrogens (tertiary/aromatic N) is 1. The van der Waals surface area contributed by atoms with E-state index in [1.54, 1.807) is 0 Å². The molecule has 0 unspecified atom stereocenters. The van der Waals surface area contributed by atoms with Crippen molar-refractivity contribution in [1.29, 1.82) is 0 Å². The largest absolute Gasteiger partial charge is 0.329 e. The molecule has 0 amide bonds. The summed E-state index contributed by atoms with van der Waals surface area (Å²) in [5.74, 6) is 0. The molecule has 5 heteroatoms. The molecule has 4 nitrogen and oxygen atoms in total. The highest BCUT2D eigenvalue weighted by Crippen LogP contribution is 2.11. The minimum absolute atomic E-state index is 0.113. The molecule has 0 spiro atoms. The third-order valence-electron chi connectivity index (χ3n) is 2.57. The SMILES string of the molecule is Cn1c(=O)[nH]c(Cl)c(Cc2ccccc2)c1=O. The average molecular weight is 251 g/mol. The van der Waals surface area contributed by atoms with E-state index in [1.165, 1.54) is 7.05 Å². The summed E-state index contributed by atoms with van der Waals surface area (Å²) in [5, 5.41) is 0.113. The van der Waals surface area contributed by atoms with Crippen molar-refractivity contribution >= 4 is 11.6 Å². The lowest BCUT2D eigenvalue weighted by Gasteiger charge is -2.05. The van der Waals surface area contributed by atoms with Gasteiger partial charge in [-0.1, -0.05) is 41.9 Å². The number of H-pyrrole nitrogens is 1. The fraction of sp³-hybridized carbons (Fsp3) is 0.167. The molecular formula is C12H11ClN2O2. The van der Waals surface area contributed by atoms with Gasteiger partial charge in [0.1, 0.15) is 5.15 Å². The number of hydrogen-bond acceptors (Lipinski definition) is 2. The van der Waals surface area contributed by atoms with Crippen molar-refractivity contribution in [3.63, 3.8) is 0 Å². The fourth-order valence-corrected chi connectivity index (χ4v) is 1.82. The zero-order valence-electron chi connectivity index (χ0n) is 9.24. The van der Waals surface area contributed by atoms with Gasteiger partial charge >= 0.3 is 5.69 Å². The van der Waals surface area contributed by atoms with E-state index in [-0.39, 0.29) is 10.7 Å². The molecule has 1 N–H and O–H groups in total. The van der Waals surface area contributed by atoms with Crippen LogP contribution in [0.3, 0.4) is 0 Å². The van der Waals surface area contributed by atoms with Crippen molar-refractivity contribution in [2.24, 2.45) is 7.05 Å². The second-order valence-corrected chi connectivity index (χ2v) is 4.13. The Hall–Kier alpha value is -1.81. The molecule has 1 aromatic heterocycles. The van der Waals surface area contributed by atoms with E-state index in [0.717, 1.165) is 10.1 Å². The van der Waals surface area contributed by atoms with Crippen LogP contribution in [0.15, 0.2) is 39.9 Å². The first-order valence-electron chi connectivity index (χ1n) is 5.11. The molecule has 88 valence electrons. The molecule has 0 saturated carbocycles. The third-order valence-corrected chi connectivity index (χ3v) is 2.90. The van der Waals surface area contributed by atoms with Gasteiger partial charge in [-0.05, 0) is 5.56 Å². The van der Waals surface area contributed by atoms with Gasteiger partial charge in [0.05, 0.1) is 5.56 Å². The van der Waals surface area contributed by atoms with Crippen LogP contribution in [0, 0.1) is 0 Å². The maximum Gasteiger partial charge on any atom is 0.329 e. The van der Waals surface area contributed by atoms with Crippen LogP contribution in [0.1, 0.15) is 11.1 Å². The molecule has 0 bridgehead atoms. The summed E-state index contributed by atoms with van der Waals surface area (Å²) in [6.07, 6.45) is 0.406. The molecule has 0 fully saturated rings. The van der Waals surface area contributed by atoms with Crippen molar-refractivity contribution in [2.45, 2.75) is 6.42 Å². The van der Waals surface area contributed by atoms with E-state index in [0.29, 0.717) is 12.0 Å². The van der Waals surface area contributed by atoms with E-state index in [4.69, 9.17) is 11.6 Å². The maximum atomic E-state index is 11.9. The summed E-state index contributed by atoms with van der Waals surface area (Å²) in [7, 11) is 1.42. The van der Waals surface area contributed by atoms with Gasteiger partial charge in [-0.15, -0.1) is 0 Å². The Morgan fingerprint density at radius 1 is 1.24 bits per heavy atom. The van der Waals surface area contributed by atoms with Crippen LogP contribution < -0.4 is 11.2 Å². The maximum absolute atomic E-state index is 11.9. The quantitative estimate of drug-likeness (QED) is 0.818. The summed E-state index contributed by atoms with van der Waals surface area (Å²) < 4.78 is 1.02. The van der Waals surface area contributed by atoms with Crippen molar-refractivity contribution in [3.05, 3.63) is 67.4 Å². The highest BCUT2D eigenvalue weighted by molar-refractivity contribution is 6.30. The van der Waals surface area contributed by atoms with Gasteiger partial charge in [0.25, 0.3) is 5.56 Å². The average Bonchev–Trinajstić information content (AvgIpc) is 2.33. The second-order valence-electron chi connectivity index (χ2n) is 3.75. The number of nitrogens with one attached hydrogen (secondary N) is 1. The van der Waals surface area contributed by atoms with Crippen LogP contribution >= 0.6 is 11.6 Å². The first-order valence-corrected chi connectivity index (χ1v) is 5.49. The lowest BCUT2D eigenvalue weighted by Crippen LogP contribution is -2.35. The first kappa shape index (κ1) is 11.7. The lowest BCUT2D eigenvalue weighted by molar-refractivity contribution is 0.758. The van der Waals surface area contributed by atoms with Gasteiger partial charge < -0.3 is 0 Å². The molecule has 2 aromatic rings. The van der Waals surface area contributed by atoms with Crippen molar-refractivity contribution in [1.82, 2.24) is 9.55 Å². The molecule has 0 aliphatic carbocycles. The monoisotopic (exact) mass is 250 g/mol. The molecule has 0 aliphatic heterocycles. The summed E-state index contributed by atoms with van der Waals surface area (Å²) in [5.41, 5.74) is 0.512. The number of hydrogen-bond donors (Lipinski definition) is 1. The van der Waals surface area contributed by atoms with Gasteiger partial charge in [-0.2, -0.15) is 0 Å². The predicted octanol–water partition coefficient (Wildman–Crippen LogP) is 1.32. The highest BCUT2D eigenvalue weighted by Gasteiger charge is 2.10. The minimum Gasteiger partial charge on any atom is -0.297 e. The molecule has 1 heterocycles. The number of aromatic amines is 1. The van der Waals surface area contributed by atoms with Crippen LogP contribution in [-0.2, 0) is 13.5 Å². The number of benzene rings is 1. The van der Waals surface area contributed by atoms with Gasteiger partial charge in [0, 0.05) is 13.5 Å². The Morgan fingerprint density at radius 3 is 2.53 bits per heavy atom. The van der Waals surface area contributed by atoms with Crippen LogP contribution in [0.5, 0.6) is 0 Å². The zero-order valence-corrected chi connectivity index (χ0v) is 9.99. The van der Waals surface area contributed by atoms with E-state index < -0.39 is 5.69 Å². The molecule has 2 rings (SSSR count). The first-order chi connectivity index (χ1) is 8.09. The molecule has 0 radical (unpaired) electrons. The van der Waals surface area contributed by atoms with Gasteiger partial charge in [0.2, 0.25) is 0 Å². The summed E-state index contributed by atoms with van der Waals surface area (Å²) >= 11 is 5.89. The van der Waals surface area contributed by atoms with E-state index in [1.807, 2.05) is 30.3 Å². The van der Waals surface area contributed by atoms with Gasteiger partial charge in [0.15, 0.2) is 0 Å². The van der Waals surface area contributed by atoms with Crippen molar-refractivity contribution in [3.8, 4) is 0 Å². The summed E-state index contributed by atoms with van der Waals surface area (Å²) in [6, 6.07) is 9.48. The second kappa shape index (κ2) is 4.59. The Balaban J connectivity index is 2.51. The number of rotatable bonds is 2. The van der Waals surface area contributed by atoms with Crippen LogP contribution in [0.25, 0.3) is 0 Å². The van der Waals surface area contributed by atoms with Gasteiger partial charge in [-0.3, -0.25) is 14.3 Å². The Morgan fingerprint density at radius 2 is 1.88 bits per heavy atom. The fourth-order valence-electron chi connectivity index (χ4n) is 1.59. The molecule has 17 heavy (non-hydrogen) atoms. The van der Waals surface area contributed by atoms with Crippen LogP contribution in [0.4, 0.5) is 0 Å². The van der Waals surface area contributed by atoms with Crippen LogP contribution in [-0.4, -0.2) is 9.55 Å². The Bertz CT molecular complexity index is 644. The van der Waals surface area contributed by atoms with Crippen molar-refractivity contribution in [2.75, 3.05) is 0 Å². The molecule has 0 saturated heterocycles. The Kier molecular flexibility index (Phi) is 3.15. The van der Waals surface area contributed by atoms with E-state index in [2.05, 4.69) is 4.98 Å². The van der Waals surface area contributed by atoms with Gasteiger partial charge in [-0.25, -0.2) is 4.79 Å². The van der Waals surface area contributed by atoms with E-state index in [9.17, 15) is 9.59 Å². The molecular weight excluding hydrogens is 240 g/mol. The van der Waals surface area contributed by atoms with Crippen molar-refractivity contribution < 1.29 is 0 Å². The van der Waals surface area contributed by atoms with E-state index >= 15 is 0 Å². The summed E-state index contributed by atoms with van der Waals surface area (Å²) in [6.45, 7) is 0. The zero-order chi connectivity index (χ0) is 12.4. The number of halogens is 1. The highest BCUT2D eigenvalue weighted by atomic mass is 35.5. The summed E-state index contributed by atoms with van der Waals surface area (Å²) in [4.78, 5) is 25.6. The van der Waals surface area contributed by atoms with Crippen LogP contribution in [0.2, 0.25) is 5.15 Å². The Labute approximate surface area is 102 Å². The standard InChI is InChI=1S/C12H11ClN2O2/c1-15-11(16)9(10(13)14-12(15)17)7-8-5-3-2-4-6-8/h2-6H,7H2,1H3,(H,14,17). The smallest absolute Gasteiger partial charge is 0.297 e.